The highest BCUT2D eigenvalue weighted by atomic mass is 19.1. The number of aliphatic carboxylic acids is 1. The van der Waals surface area contributed by atoms with Gasteiger partial charge in [0.1, 0.15) is 12.4 Å². The fourth-order valence-corrected chi connectivity index (χ4v) is 4.11. The quantitative estimate of drug-likeness (QED) is 0.638. The second-order valence-corrected chi connectivity index (χ2v) is 7.54. The van der Waals surface area contributed by atoms with E-state index in [4.69, 9.17) is 4.74 Å². The van der Waals surface area contributed by atoms with Gasteiger partial charge in [0.2, 0.25) is 0 Å². The van der Waals surface area contributed by atoms with Crippen LogP contribution in [0.2, 0.25) is 0 Å². The lowest BCUT2D eigenvalue weighted by atomic mass is 9.98. The van der Waals surface area contributed by atoms with Gasteiger partial charge in [0, 0.05) is 24.3 Å². The monoisotopic (exact) mass is 418 g/mol. The maximum atomic E-state index is 14.0. The molecule has 3 aromatic carbocycles. The molecule has 31 heavy (non-hydrogen) atoms. The van der Waals surface area contributed by atoms with E-state index in [1.165, 1.54) is 6.07 Å². The maximum Gasteiger partial charge on any atom is 0.407 e. The Hall–Kier alpha value is -3.67. The molecule has 0 bridgehead atoms. The Balaban J connectivity index is 1.44. The molecule has 0 aromatic heterocycles. The molecule has 5 nitrogen and oxygen atoms in total. The highest BCUT2D eigenvalue weighted by molar-refractivity contribution is 5.79. The van der Waals surface area contributed by atoms with E-state index >= 15 is 0 Å². The van der Waals surface area contributed by atoms with Gasteiger partial charge >= 0.3 is 6.09 Å². The fourth-order valence-electron chi connectivity index (χ4n) is 4.11. The molecule has 0 unspecified atom stereocenters. The van der Waals surface area contributed by atoms with Crippen LogP contribution < -0.4 is 10.4 Å². The summed E-state index contributed by atoms with van der Waals surface area (Å²) >= 11 is 0. The van der Waals surface area contributed by atoms with Crippen molar-refractivity contribution < 1.29 is 23.8 Å². The maximum absolute atomic E-state index is 14.0. The van der Waals surface area contributed by atoms with E-state index in [2.05, 4.69) is 5.32 Å². The third-order valence-corrected chi connectivity index (χ3v) is 5.50. The molecule has 3 aromatic rings. The minimum Gasteiger partial charge on any atom is -0.550 e. The largest absolute Gasteiger partial charge is 0.550 e. The number of fused-ring (bicyclic) bond motifs is 3. The lowest BCUT2D eigenvalue weighted by molar-refractivity contribution is -0.306. The van der Waals surface area contributed by atoms with Gasteiger partial charge in [-0.05, 0) is 40.3 Å². The molecule has 0 radical (unpaired) electrons. The molecule has 1 atom stereocenters. The third kappa shape index (κ3) is 4.58. The van der Waals surface area contributed by atoms with E-state index in [1.54, 1.807) is 18.2 Å². The van der Waals surface area contributed by atoms with Crippen LogP contribution >= 0.6 is 0 Å². The van der Waals surface area contributed by atoms with Crippen molar-refractivity contribution in [2.24, 2.45) is 0 Å². The number of carboxylic acids is 1. The second-order valence-electron chi connectivity index (χ2n) is 7.54. The number of benzene rings is 3. The number of amides is 1. The Labute approximate surface area is 179 Å². The lowest BCUT2D eigenvalue weighted by Crippen LogP contribution is -2.41. The first kappa shape index (κ1) is 20.6. The van der Waals surface area contributed by atoms with Crippen LogP contribution in [-0.2, 0) is 16.0 Å². The molecule has 4 rings (SSSR count). The summed E-state index contributed by atoms with van der Waals surface area (Å²) in [7, 11) is 0. The van der Waals surface area contributed by atoms with Crippen LogP contribution in [0.5, 0.6) is 0 Å². The summed E-state index contributed by atoms with van der Waals surface area (Å²) in [5.41, 5.74) is 4.69. The molecule has 1 aliphatic carbocycles. The molecule has 1 aliphatic rings. The molecule has 0 saturated heterocycles. The summed E-state index contributed by atoms with van der Waals surface area (Å²) in [4.78, 5) is 23.6. The SMILES string of the molecule is O=C([O-])C[C@H](Cc1ccccc1F)NC(=O)OCC1c2ccccc2-c2ccccc21. The molecule has 158 valence electrons. The van der Waals surface area contributed by atoms with Gasteiger partial charge in [-0.25, -0.2) is 9.18 Å². The van der Waals surface area contributed by atoms with E-state index in [1.807, 2.05) is 48.5 Å². The zero-order chi connectivity index (χ0) is 21.8. The van der Waals surface area contributed by atoms with Crippen LogP contribution in [0, 0.1) is 5.82 Å². The number of halogens is 1. The number of rotatable bonds is 7. The van der Waals surface area contributed by atoms with Crippen molar-refractivity contribution in [3.8, 4) is 11.1 Å². The number of ether oxygens (including phenoxy) is 1. The van der Waals surface area contributed by atoms with E-state index in [0.717, 1.165) is 22.3 Å². The molecule has 0 fully saturated rings. The van der Waals surface area contributed by atoms with Crippen LogP contribution in [-0.4, -0.2) is 24.7 Å². The third-order valence-electron chi connectivity index (χ3n) is 5.50. The first-order chi connectivity index (χ1) is 15.0. The number of hydrogen-bond donors (Lipinski definition) is 1. The number of hydrogen-bond acceptors (Lipinski definition) is 4. The zero-order valence-corrected chi connectivity index (χ0v) is 16.7. The molecular formula is C25H21FNO4-. The first-order valence-corrected chi connectivity index (χ1v) is 10.1. The molecule has 0 heterocycles. The molecular weight excluding hydrogens is 397 g/mol. The Bertz CT molecular complexity index is 1070. The van der Waals surface area contributed by atoms with E-state index in [9.17, 15) is 19.1 Å². The number of alkyl carbamates (subject to hydrolysis) is 1. The minimum absolute atomic E-state index is 0.0187. The average molecular weight is 418 g/mol. The highest BCUT2D eigenvalue weighted by Crippen LogP contribution is 2.44. The van der Waals surface area contributed by atoms with Gasteiger partial charge in [0.05, 0.1) is 0 Å². The Morgan fingerprint density at radius 1 is 0.935 bits per heavy atom. The fraction of sp³-hybridized carbons (Fsp3) is 0.200. The first-order valence-electron chi connectivity index (χ1n) is 10.1. The Kier molecular flexibility index (Phi) is 5.98. The molecule has 1 N–H and O–H groups in total. The second kappa shape index (κ2) is 9.00. The smallest absolute Gasteiger partial charge is 0.407 e. The predicted molar refractivity (Wildman–Crippen MR) is 112 cm³/mol. The molecule has 6 heteroatoms. The summed E-state index contributed by atoms with van der Waals surface area (Å²) in [5, 5.41) is 13.7. The van der Waals surface area contributed by atoms with Gasteiger partial charge in [-0.2, -0.15) is 0 Å². The van der Waals surface area contributed by atoms with Crippen molar-refractivity contribution in [1.82, 2.24) is 5.32 Å². The predicted octanol–water partition coefficient (Wildman–Crippen LogP) is 3.42. The topological polar surface area (TPSA) is 78.5 Å². The van der Waals surface area contributed by atoms with Crippen molar-refractivity contribution in [3.63, 3.8) is 0 Å². The van der Waals surface area contributed by atoms with Crippen LogP contribution in [0.4, 0.5) is 9.18 Å². The number of carbonyl (C=O) groups excluding carboxylic acids is 2. The number of nitrogens with one attached hydrogen (secondary N) is 1. The average Bonchev–Trinajstić information content (AvgIpc) is 3.07. The molecule has 0 aliphatic heterocycles. The Morgan fingerprint density at radius 3 is 2.13 bits per heavy atom. The lowest BCUT2D eigenvalue weighted by Gasteiger charge is -2.21. The zero-order valence-electron chi connectivity index (χ0n) is 16.7. The Morgan fingerprint density at radius 2 is 1.52 bits per heavy atom. The molecule has 1 amide bonds. The van der Waals surface area contributed by atoms with Crippen LogP contribution in [0.15, 0.2) is 72.8 Å². The van der Waals surface area contributed by atoms with Gasteiger partial charge < -0.3 is 20.0 Å². The normalized spacial score (nSPS) is 13.2. The van der Waals surface area contributed by atoms with Gasteiger partial charge in [-0.1, -0.05) is 66.7 Å². The summed E-state index contributed by atoms with van der Waals surface area (Å²) in [6, 6.07) is 21.1. The summed E-state index contributed by atoms with van der Waals surface area (Å²) in [6.45, 7) is 0.109. The van der Waals surface area contributed by atoms with E-state index < -0.39 is 30.3 Å². The van der Waals surface area contributed by atoms with Crippen molar-refractivity contribution in [2.45, 2.75) is 24.8 Å². The van der Waals surface area contributed by atoms with Gasteiger partial charge in [0.25, 0.3) is 0 Å². The summed E-state index contributed by atoms with van der Waals surface area (Å²) in [5.74, 6) is -1.90. The highest BCUT2D eigenvalue weighted by Gasteiger charge is 2.29. The van der Waals surface area contributed by atoms with Gasteiger partial charge in [-0.15, -0.1) is 0 Å². The van der Waals surface area contributed by atoms with Gasteiger partial charge in [0.15, 0.2) is 0 Å². The van der Waals surface area contributed by atoms with Crippen molar-refractivity contribution in [1.29, 1.82) is 0 Å². The van der Waals surface area contributed by atoms with Gasteiger partial charge in [-0.3, -0.25) is 0 Å². The standard InChI is InChI=1S/C25H22FNO4/c26-23-12-6-1-7-16(23)13-17(14-24(28)29)27-25(30)31-15-22-20-10-4-2-8-18(20)19-9-3-5-11-21(19)22/h1-12,17,22H,13-15H2,(H,27,30)(H,28,29)/p-1/t17-/m0/s1. The summed E-state index contributed by atoms with van der Waals surface area (Å²) < 4.78 is 19.4. The van der Waals surface area contributed by atoms with Crippen LogP contribution in [0.3, 0.4) is 0 Å². The number of carbonyl (C=O) groups is 2. The molecule has 0 spiro atoms. The summed E-state index contributed by atoms with van der Waals surface area (Å²) in [6.07, 6.45) is -1.17. The number of carboxylic acid groups (broad SMARTS) is 1. The van der Waals surface area contributed by atoms with Crippen molar-refractivity contribution in [2.75, 3.05) is 6.61 Å². The van der Waals surface area contributed by atoms with E-state index in [0.29, 0.717) is 5.56 Å². The van der Waals surface area contributed by atoms with Crippen molar-refractivity contribution in [3.05, 3.63) is 95.3 Å². The minimum atomic E-state index is -1.33. The van der Waals surface area contributed by atoms with Crippen LogP contribution in [0.25, 0.3) is 11.1 Å². The molecule has 0 saturated carbocycles. The van der Waals surface area contributed by atoms with Crippen LogP contribution in [0.1, 0.15) is 29.0 Å². The van der Waals surface area contributed by atoms with E-state index in [-0.39, 0.29) is 18.9 Å². The van der Waals surface area contributed by atoms with Crippen molar-refractivity contribution >= 4 is 12.1 Å².